The maximum absolute atomic E-state index is 6.14. The van der Waals surface area contributed by atoms with Crippen LogP contribution in [-0.2, 0) is 0 Å². The first-order valence-corrected chi connectivity index (χ1v) is 19.1. The minimum atomic E-state index is 0.428. The highest BCUT2D eigenvalue weighted by molar-refractivity contribution is 6.52. The Morgan fingerprint density at radius 1 is 0.780 bits per heavy atom. The molecule has 0 saturated carbocycles. The van der Waals surface area contributed by atoms with E-state index in [-0.39, 0.29) is 0 Å². The largest absolute Gasteiger partial charge is 0.528 e. The molecule has 0 spiro atoms. The van der Waals surface area contributed by atoms with E-state index in [2.05, 4.69) is 68.9 Å². The van der Waals surface area contributed by atoms with Crippen LogP contribution in [0.5, 0.6) is 5.88 Å². The van der Waals surface area contributed by atoms with Gasteiger partial charge in [-0.1, -0.05) is 131 Å². The first kappa shape index (κ1) is 35.7. The summed E-state index contributed by atoms with van der Waals surface area (Å²) in [5.41, 5.74) is 2.25. The summed E-state index contributed by atoms with van der Waals surface area (Å²) in [7, 11) is 1.15. The highest BCUT2D eigenvalue weighted by atomic mass is 28.2. The van der Waals surface area contributed by atoms with Crippen molar-refractivity contribution in [2.45, 2.75) is 150 Å². The molecule has 2 atom stereocenters. The molecule has 0 aliphatic rings. The van der Waals surface area contributed by atoms with Crippen molar-refractivity contribution in [3.63, 3.8) is 0 Å². The summed E-state index contributed by atoms with van der Waals surface area (Å²) >= 11 is 0. The van der Waals surface area contributed by atoms with E-state index >= 15 is 0 Å². The molecule has 0 amide bonds. The van der Waals surface area contributed by atoms with Crippen molar-refractivity contribution in [3.8, 4) is 17.1 Å². The van der Waals surface area contributed by atoms with Gasteiger partial charge in [-0.15, -0.1) is 0 Å². The summed E-state index contributed by atoms with van der Waals surface area (Å²) in [6.07, 6.45) is 22.0. The van der Waals surface area contributed by atoms with Crippen LogP contribution in [0.4, 0.5) is 0 Å². The maximum atomic E-state index is 6.14. The summed E-state index contributed by atoms with van der Waals surface area (Å²) < 4.78 is 6.14. The SMILES string of the molecule is CCCCCC(C)CCCCCC(C)C[Si]c1ccc(-c2cccnc2O[Si]CCCCC(C)(C)CCCC)nn1. The predicted octanol–water partition coefficient (Wildman–Crippen LogP) is 9.89. The fourth-order valence-corrected chi connectivity index (χ4v) is 7.25. The number of unbranched alkanes of at least 4 members (excludes halogenated alkanes) is 6. The van der Waals surface area contributed by atoms with Gasteiger partial charge in [-0.25, -0.2) is 4.98 Å². The zero-order valence-corrected chi connectivity index (χ0v) is 29.3. The predicted molar refractivity (Wildman–Crippen MR) is 179 cm³/mol. The Balaban J connectivity index is 1.68. The first-order valence-electron chi connectivity index (χ1n) is 16.8. The van der Waals surface area contributed by atoms with E-state index in [4.69, 9.17) is 4.43 Å². The molecule has 6 heteroatoms. The molecule has 2 aromatic rings. The van der Waals surface area contributed by atoms with Crippen LogP contribution in [0, 0.1) is 17.3 Å². The third-order valence-electron chi connectivity index (χ3n) is 8.30. The van der Waals surface area contributed by atoms with Gasteiger partial charge in [-0.3, -0.25) is 0 Å². The highest BCUT2D eigenvalue weighted by Gasteiger charge is 2.16. The van der Waals surface area contributed by atoms with Crippen LogP contribution < -0.4 is 9.74 Å². The van der Waals surface area contributed by atoms with Gasteiger partial charge in [0, 0.05) is 11.5 Å². The molecule has 0 aromatic carbocycles. The molecule has 0 saturated heterocycles. The first-order chi connectivity index (χ1) is 19.8. The second-order valence-electron chi connectivity index (χ2n) is 13.1. The minimum Gasteiger partial charge on any atom is -0.528 e. The fourth-order valence-electron chi connectivity index (χ4n) is 5.37. The van der Waals surface area contributed by atoms with Gasteiger partial charge in [-0.2, -0.15) is 10.2 Å². The molecular weight excluding hydrogens is 535 g/mol. The molecule has 228 valence electrons. The topological polar surface area (TPSA) is 47.9 Å². The van der Waals surface area contributed by atoms with Gasteiger partial charge >= 0.3 is 9.76 Å². The number of hydrogen-bond donors (Lipinski definition) is 0. The lowest BCUT2D eigenvalue weighted by atomic mass is 9.82. The van der Waals surface area contributed by atoms with Crippen molar-refractivity contribution < 1.29 is 4.43 Å². The van der Waals surface area contributed by atoms with E-state index in [1.54, 1.807) is 6.20 Å². The third-order valence-corrected chi connectivity index (χ3v) is 10.7. The number of aromatic nitrogens is 3. The molecule has 0 aliphatic heterocycles. The van der Waals surface area contributed by atoms with Crippen molar-refractivity contribution in [3.05, 3.63) is 30.5 Å². The van der Waals surface area contributed by atoms with Crippen molar-refractivity contribution >= 4 is 24.6 Å². The quantitative estimate of drug-likeness (QED) is 0.0897. The van der Waals surface area contributed by atoms with Gasteiger partial charge in [0.25, 0.3) is 0 Å². The summed E-state index contributed by atoms with van der Waals surface area (Å²) in [5.74, 6) is 2.33. The Morgan fingerprint density at radius 3 is 2.20 bits per heavy atom. The van der Waals surface area contributed by atoms with E-state index in [9.17, 15) is 0 Å². The molecule has 0 aliphatic carbocycles. The van der Waals surface area contributed by atoms with Gasteiger partial charge in [0.2, 0.25) is 5.88 Å². The van der Waals surface area contributed by atoms with Crippen LogP contribution in [0.3, 0.4) is 0 Å². The average molecular weight is 594 g/mol. The lowest BCUT2D eigenvalue weighted by molar-refractivity contribution is 0.288. The van der Waals surface area contributed by atoms with Gasteiger partial charge in [-0.05, 0) is 60.4 Å². The van der Waals surface area contributed by atoms with Gasteiger partial charge in [0.05, 0.1) is 11.3 Å². The molecule has 4 radical (unpaired) electrons. The van der Waals surface area contributed by atoms with Gasteiger partial charge in [0.1, 0.15) is 9.52 Å². The number of hydrogen-bond acceptors (Lipinski definition) is 4. The summed E-state index contributed by atoms with van der Waals surface area (Å²) in [5, 5.41) is 10.2. The van der Waals surface area contributed by atoms with Crippen LogP contribution in [0.2, 0.25) is 12.1 Å². The van der Waals surface area contributed by atoms with E-state index in [1.807, 2.05) is 12.1 Å². The molecule has 0 N–H and O–H groups in total. The van der Waals surface area contributed by atoms with Crippen molar-refractivity contribution in [1.82, 2.24) is 15.2 Å². The molecule has 2 unspecified atom stereocenters. The van der Waals surface area contributed by atoms with E-state index in [1.165, 1.54) is 102 Å². The van der Waals surface area contributed by atoms with Gasteiger partial charge < -0.3 is 4.43 Å². The molecule has 2 heterocycles. The maximum Gasteiger partial charge on any atom is 0.312 e. The lowest BCUT2D eigenvalue weighted by Gasteiger charge is -2.24. The Bertz CT molecular complexity index is 922. The van der Waals surface area contributed by atoms with Gasteiger partial charge in [0.15, 0.2) is 0 Å². The minimum absolute atomic E-state index is 0.428. The molecule has 2 aromatic heterocycles. The second-order valence-corrected chi connectivity index (χ2v) is 15.4. The molecule has 41 heavy (non-hydrogen) atoms. The van der Waals surface area contributed by atoms with Crippen LogP contribution in [-0.4, -0.2) is 34.5 Å². The smallest absolute Gasteiger partial charge is 0.312 e. The Hall–Kier alpha value is -1.54. The monoisotopic (exact) mass is 593 g/mol. The number of nitrogens with zero attached hydrogens (tertiary/aromatic N) is 3. The van der Waals surface area contributed by atoms with Crippen LogP contribution >= 0.6 is 0 Å². The van der Waals surface area contributed by atoms with E-state index < -0.39 is 0 Å². The Morgan fingerprint density at radius 2 is 1.49 bits per heavy atom. The van der Waals surface area contributed by atoms with Crippen LogP contribution in [0.1, 0.15) is 138 Å². The molecule has 4 nitrogen and oxygen atoms in total. The average Bonchev–Trinajstić information content (AvgIpc) is 2.97. The van der Waals surface area contributed by atoms with Crippen molar-refractivity contribution in [1.29, 1.82) is 0 Å². The van der Waals surface area contributed by atoms with Crippen LogP contribution in [0.15, 0.2) is 30.5 Å². The normalized spacial score (nSPS) is 13.3. The van der Waals surface area contributed by atoms with Crippen molar-refractivity contribution in [2.24, 2.45) is 17.3 Å². The van der Waals surface area contributed by atoms with Crippen LogP contribution in [0.25, 0.3) is 11.3 Å². The lowest BCUT2D eigenvalue weighted by Crippen LogP contribution is -2.21. The zero-order valence-electron chi connectivity index (χ0n) is 27.3. The van der Waals surface area contributed by atoms with Crippen molar-refractivity contribution in [2.75, 3.05) is 0 Å². The summed E-state index contributed by atoms with van der Waals surface area (Å²) in [6, 6.07) is 10.5. The molecule has 2 rings (SSSR count). The molecular formula is C35H59N3OSi2. The van der Waals surface area contributed by atoms with E-state index in [0.29, 0.717) is 21.1 Å². The fraction of sp³-hybridized carbons (Fsp3) is 0.743. The summed E-state index contributed by atoms with van der Waals surface area (Å²) in [4.78, 5) is 4.51. The standard InChI is InChI=1S/C35H59N3OSi2/c1-7-9-12-18-29(3)19-13-11-14-20-30(4)28-40-33-23-22-32(37-38-33)31-21-17-26-36-34(31)39-41-27-16-15-25-35(5,6)24-10-8-2/h17,21-23,26,29-30H,7-16,18-20,24-25,27-28H2,1-6H3. The third kappa shape index (κ3) is 16.0. The second kappa shape index (κ2) is 21.2. The number of rotatable bonds is 24. The highest BCUT2D eigenvalue weighted by Crippen LogP contribution is 2.30. The Labute approximate surface area is 258 Å². The molecule has 0 fully saturated rings. The summed E-state index contributed by atoms with van der Waals surface area (Å²) in [6.45, 7) is 14.2. The van der Waals surface area contributed by atoms with E-state index in [0.717, 1.165) is 44.0 Å². The number of pyridine rings is 1. The zero-order chi connectivity index (χ0) is 29.8. The Kier molecular flexibility index (Phi) is 18.4. The molecule has 0 bridgehead atoms.